The molecule has 8 heteroatoms. The number of hydrogen-bond acceptors (Lipinski definition) is 4. The zero-order valence-electron chi connectivity index (χ0n) is 9.67. The monoisotopic (exact) mass is 330 g/mol. The fourth-order valence-electron chi connectivity index (χ4n) is 1.41. The highest BCUT2D eigenvalue weighted by atomic mass is 79.9. The maximum Gasteiger partial charge on any atom is 0.323 e. The third-order valence-electron chi connectivity index (χ3n) is 2.15. The Kier molecular flexibility index (Phi) is 4.87. The molecule has 0 radical (unpaired) electrons. The molecule has 0 unspecified atom stereocenters. The predicted octanol–water partition coefficient (Wildman–Crippen LogP) is 0.167. The highest BCUT2D eigenvalue weighted by molar-refractivity contribution is 9.10. The minimum absolute atomic E-state index is 0.106. The first-order valence-electron chi connectivity index (χ1n) is 5.09. The molecule has 0 heterocycles. The molecule has 0 spiro atoms. The number of nitrogens with two attached hydrogens (primary N) is 1. The fourth-order valence-corrected chi connectivity index (χ4v) is 1.76. The third-order valence-corrected chi connectivity index (χ3v) is 2.64. The molecule has 0 aliphatic rings. The lowest BCUT2D eigenvalue weighted by molar-refractivity contribution is -0.138. The maximum atomic E-state index is 12.0. The molecule has 7 nitrogen and oxygen atoms in total. The number of halogens is 1. The number of hydrogen-bond donors (Lipinski definition) is 3. The molecule has 4 N–H and O–H groups in total. The van der Waals surface area contributed by atoms with Crippen LogP contribution in [0.2, 0.25) is 0 Å². The number of rotatable bonds is 5. The minimum atomic E-state index is -1.29. The van der Waals surface area contributed by atoms with Crippen LogP contribution in [0.4, 0.5) is 0 Å². The van der Waals surface area contributed by atoms with E-state index in [0.29, 0.717) is 4.47 Å². The standard InChI is InChI=1S/C11H11BrN2O5/c12-6-1-2-7(8(15)3-6)11(19)14(4-9(13)16)5-10(17)18/h1-3,15H,4-5H2,(H2,13,16)(H,17,18). The smallest absolute Gasteiger partial charge is 0.323 e. The van der Waals surface area contributed by atoms with E-state index in [1.165, 1.54) is 18.2 Å². The van der Waals surface area contributed by atoms with Crippen molar-refractivity contribution in [2.24, 2.45) is 5.73 Å². The number of phenols is 1. The molecule has 19 heavy (non-hydrogen) atoms. The van der Waals surface area contributed by atoms with Gasteiger partial charge < -0.3 is 20.8 Å². The van der Waals surface area contributed by atoms with Crippen molar-refractivity contribution >= 4 is 33.7 Å². The molecular formula is C11H11BrN2O5. The number of benzene rings is 1. The van der Waals surface area contributed by atoms with Crippen LogP contribution in [0.3, 0.4) is 0 Å². The maximum absolute atomic E-state index is 12.0. The summed E-state index contributed by atoms with van der Waals surface area (Å²) in [4.78, 5) is 34.3. The lowest BCUT2D eigenvalue weighted by Crippen LogP contribution is -2.41. The molecule has 0 saturated heterocycles. The molecule has 0 atom stereocenters. The van der Waals surface area contributed by atoms with Crippen LogP contribution < -0.4 is 5.73 Å². The van der Waals surface area contributed by atoms with Gasteiger partial charge in [0.2, 0.25) is 5.91 Å². The van der Waals surface area contributed by atoms with E-state index in [0.717, 1.165) is 4.90 Å². The van der Waals surface area contributed by atoms with Gasteiger partial charge in [0.1, 0.15) is 18.8 Å². The number of aliphatic carboxylic acids is 1. The van der Waals surface area contributed by atoms with E-state index in [-0.39, 0.29) is 11.3 Å². The number of primary amides is 1. The van der Waals surface area contributed by atoms with Crippen molar-refractivity contribution < 1.29 is 24.6 Å². The lowest BCUT2D eigenvalue weighted by atomic mass is 10.1. The predicted molar refractivity (Wildman–Crippen MR) is 68.5 cm³/mol. The SMILES string of the molecule is NC(=O)CN(CC(=O)O)C(=O)c1ccc(Br)cc1O. The number of carbonyl (C=O) groups excluding carboxylic acids is 2. The summed E-state index contributed by atoms with van der Waals surface area (Å²) in [5, 5.41) is 18.3. The first kappa shape index (κ1) is 15.0. The van der Waals surface area contributed by atoms with E-state index in [9.17, 15) is 19.5 Å². The summed E-state index contributed by atoms with van der Waals surface area (Å²) in [6.07, 6.45) is 0. The van der Waals surface area contributed by atoms with Gasteiger partial charge in [0.25, 0.3) is 5.91 Å². The van der Waals surface area contributed by atoms with Crippen molar-refractivity contribution in [1.29, 1.82) is 0 Å². The van der Waals surface area contributed by atoms with Crippen LogP contribution >= 0.6 is 15.9 Å². The van der Waals surface area contributed by atoms with Crippen LogP contribution in [0.25, 0.3) is 0 Å². The van der Waals surface area contributed by atoms with Crippen LogP contribution in [-0.2, 0) is 9.59 Å². The molecule has 0 aromatic heterocycles. The van der Waals surface area contributed by atoms with Gasteiger partial charge in [0.15, 0.2) is 0 Å². The number of aromatic hydroxyl groups is 1. The Labute approximate surface area is 116 Å². The Morgan fingerprint density at radius 2 is 1.89 bits per heavy atom. The fraction of sp³-hybridized carbons (Fsp3) is 0.182. The Morgan fingerprint density at radius 3 is 2.37 bits per heavy atom. The summed E-state index contributed by atoms with van der Waals surface area (Å²) in [7, 11) is 0. The van der Waals surface area contributed by atoms with E-state index in [1.54, 1.807) is 0 Å². The molecule has 1 rings (SSSR count). The molecular weight excluding hydrogens is 320 g/mol. The topological polar surface area (TPSA) is 121 Å². The Balaban J connectivity index is 3.04. The van der Waals surface area contributed by atoms with Gasteiger partial charge in [-0.15, -0.1) is 0 Å². The quantitative estimate of drug-likeness (QED) is 0.710. The zero-order valence-corrected chi connectivity index (χ0v) is 11.3. The lowest BCUT2D eigenvalue weighted by Gasteiger charge is -2.19. The van der Waals surface area contributed by atoms with E-state index in [1.807, 2.05) is 0 Å². The molecule has 0 bridgehead atoms. The van der Waals surface area contributed by atoms with Gasteiger partial charge in [0, 0.05) is 4.47 Å². The summed E-state index contributed by atoms with van der Waals surface area (Å²) in [5.74, 6) is -3.23. The van der Waals surface area contributed by atoms with E-state index in [4.69, 9.17) is 10.8 Å². The Bertz CT molecular complexity index is 516. The van der Waals surface area contributed by atoms with Gasteiger partial charge >= 0.3 is 5.97 Å². The minimum Gasteiger partial charge on any atom is -0.507 e. The van der Waals surface area contributed by atoms with E-state index >= 15 is 0 Å². The van der Waals surface area contributed by atoms with Crippen LogP contribution in [0.5, 0.6) is 5.75 Å². The van der Waals surface area contributed by atoms with Crippen molar-refractivity contribution in [1.82, 2.24) is 4.90 Å². The van der Waals surface area contributed by atoms with Gasteiger partial charge in [0.05, 0.1) is 5.56 Å². The summed E-state index contributed by atoms with van der Waals surface area (Å²) < 4.78 is 0.557. The van der Waals surface area contributed by atoms with Crippen LogP contribution in [0, 0.1) is 0 Å². The number of carboxylic acid groups (broad SMARTS) is 1. The van der Waals surface area contributed by atoms with Gasteiger partial charge in [-0.1, -0.05) is 15.9 Å². The van der Waals surface area contributed by atoms with E-state index in [2.05, 4.69) is 15.9 Å². The molecule has 1 aromatic carbocycles. The molecule has 0 aliphatic heterocycles. The van der Waals surface area contributed by atoms with Crippen molar-refractivity contribution in [3.8, 4) is 5.75 Å². The number of nitrogens with zero attached hydrogens (tertiary/aromatic N) is 1. The third kappa shape index (κ3) is 4.25. The second-order valence-corrected chi connectivity index (χ2v) is 4.60. The molecule has 0 saturated carbocycles. The molecule has 0 fully saturated rings. The second-order valence-electron chi connectivity index (χ2n) is 3.68. The van der Waals surface area contributed by atoms with Gasteiger partial charge in [-0.2, -0.15) is 0 Å². The number of carbonyl (C=O) groups is 3. The van der Waals surface area contributed by atoms with Crippen molar-refractivity contribution in [2.45, 2.75) is 0 Å². The molecule has 2 amide bonds. The van der Waals surface area contributed by atoms with Gasteiger partial charge in [-0.3, -0.25) is 14.4 Å². The highest BCUT2D eigenvalue weighted by Gasteiger charge is 2.22. The summed E-state index contributed by atoms with van der Waals surface area (Å²) in [6, 6.07) is 4.12. The normalized spacial score (nSPS) is 9.95. The Hall–Kier alpha value is -2.09. The van der Waals surface area contributed by atoms with Crippen LogP contribution in [-0.4, -0.2) is 46.0 Å². The zero-order chi connectivity index (χ0) is 14.6. The number of carboxylic acids is 1. The van der Waals surface area contributed by atoms with Crippen molar-refractivity contribution in [3.63, 3.8) is 0 Å². The summed E-state index contributed by atoms with van der Waals surface area (Å²) in [6.45, 7) is -1.22. The molecule has 102 valence electrons. The van der Waals surface area contributed by atoms with Crippen LogP contribution in [0.15, 0.2) is 22.7 Å². The molecule has 0 aliphatic carbocycles. The van der Waals surface area contributed by atoms with Gasteiger partial charge in [-0.25, -0.2) is 0 Å². The number of phenolic OH excluding ortho intramolecular Hbond substituents is 1. The summed E-state index contributed by atoms with van der Waals surface area (Å²) in [5.41, 5.74) is 4.85. The average Bonchev–Trinajstić information content (AvgIpc) is 2.26. The van der Waals surface area contributed by atoms with Gasteiger partial charge in [-0.05, 0) is 18.2 Å². The second kappa shape index (κ2) is 6.19. The molecule has 1 aromatic rings. The van der Waals surface area contributed by atoms with Crippen molar-refractivity contribution in [2.75, 3.05) is 13.1 Å². The first-order valence-corrected chi connectivity index (χ1v) is 5.88. The highest BCUT2D eigenvalue weighted by Crippen LogP contribution is 2.23. The average molecular weight is 331 g/mol. The first-order chi connectivity index (χ1) is 8.81. The number of amides is 2. The largest absolute Gasteiger partial charge is 0.507 e. The van der Waals surface area contributed by atoms with Crippen molar-refractivity contribution in [3.05, 3.63) is 28.2 Å². The van der Waals surface area contributed by atoms with Crippen LogP contribution in [0.1, 0.15) is 10.4 Å². The summed E-state index contributed by atoms with van der Waals surface area (Å²) >= 11 is 3.11. The Morgan fingerprint density at radius 1 is 1.26 bits per heavy atom. The van der Waals surface area contributed by atoms with E-state index < -0.39 is 30.9 Å².